The number of nitrogens with one attached hydrogen (secondary N) is 2. The van der Waals surface area contributed by atoms with E-state index >= 15 is 0 Å². The Morgan fingerprint density at radius 1 is 0.879 bits per heavy atom. The number of benzene rings is 2. The van der Waals surface area contributed by atoms with Gasteiger partial charge in [-0.3, -0.25) is 0 Å². The molecule has 0 aliphatic rings. The molecule has 2 aromatic carbocycles. The van der Waals surface area contributed by atoms with Gasteiger partial charge in [0, 0.05) is 18.8 Å². The number of aryl methyl sites for hydroxylation is 2. The Bertz CT molecular complexity index is 1300. The van der Waals surface area contributed by atoms with Crippen LogP contribution < -0.4 is 14.8 Å². The maximum absolute atomic E-state index is 12.5. The smallest absolute Gasteiger partial charge is 0.240 e. The molecule has 4 rings (SSSR count). The molecule has 10 heteroatoms. The Labute approximate surface area is 192 Å². The van der Waals surface area contributed by atoms with Crippen molar-refractivity contribution < 1.29 is 13.2 Å². The van der Waals surface area contributed by atoms with Gasteiger partial charge in [-0.15, -0.1) is 10.2 Å². The standard InChI is InChI=1S/C23H24N6O3S/c1-17-16-18(2)29(28-17)23-13-12-22(26-27-23)24-14-15-25-33(30,31)21-10-8-20(9-11-21)32-19-6-4-3-5-7-19/h3-13,16,25H,14-15H2,1-2H3,(H,24,26). The van der Waals surface area contributed by atoms with Gasteiger partial charge in [0.1, 0.15) is 17.3 Å². The van der Waals surface area contributed by atoms with E-state index in [1.807, 2.05) is 50.2 Å². The molecular formula is C23H24N6O3S. The summed E-state index contributed by atoms with van der Waals surface area (Å²) in [5, 5.41) is 15.7. The second kappa shape index (κ2) is 9.80. The molecule has 2 aromatic heterocycles. The largest absolute Gasteiger partial charge is 0.457 e. The highest BCUT2D eigenvalue weighted by molar-refractivity contribution is 7.89. The van der Waals surface area contributed by atoms with Crippen LogP contribution in [0.1, 0.15) is 11.4 Å². The van der Waals surface area contributed by atoms with Gasteiger partial charge in [-0.05, 0) is 68.4 Å². The normalized spacial score (nSPS) is 11.3. The molecule has 170 valence electrons. The zero-order valence-electron chi connectivity index (χ0n) is 18.3. The van der Waals surface area contributed by atoms with Crippen molar-refractivity contribution in [1.29, 1.82) is 0 Å². The van der Waals surface area contributed by atoms with E-state index in [0.717, 1.165) is 11.4 Å². The molecule has 0 aliphatic heterocycles. The van der Waals surface area contributed by atoms with Crippen LogP contribution in [0.3, 0.4) is 0 Å². The summed E-state index contributed by atoms with van der Waals surface area (Å²) in [4.78, 5) is 0.164. The lowest BCUT2D eigenvalue weighted by atomic mass is 10.3. The number of anilines is 1. The Morgan fingerprint density at radius 3 is 2.24 bits per heavy atom. The molecule has 0 unspecified atom stereocenters. The summed E-state index contributed by atoms with van der Waals surface area (Å²) in [5.41, 5.74) is 1.87. The minimum absolute atomic E-state index is 0.164. The van der Waals surface area contributed by atoms with Gasteiger partial charge in [0.05, 0.1) is 10.6 Å². The number of sulfonamides is 1. The SMILES string of the molecule is Cc1cc(C)n(-c2ccc(NCCNS(=O)(=O)c3ccc(Oc4ccccc4)cc3)nn2)n1. The molecule has 0 fully saturated rings. The van der Waals surface area contributed by atoms with Gasteiger partial charge >= 0.3 is 0 Å². The third-order valence-electron chi connectivity index (χ3n) is 4.71. The summed E-state index contributed by atoms with van der Waals surface area (Å²) in [6.07, 6.45) is 0. The highest BCUT2D eigenvalue weighted by atomic mass is 32.2. The molecule has 4 aromatic rings. The number of ether oxygens (including phenoxy) is 1. The predicted molar refractivity (Wildman–Crippen MR) is 125 cm³/mol. The van der Waals surface area contributed by atoms with Gasteiger partial charge in [0.2, 0.25) is 10.0 Å². The number of aromatic nitrogens is 4. The van der Waals surface area contributed by atoms with Crippen LogP contribution in [-0.4, -0.2) is 41.5 Å². The van der Waals surface area contributed by atoms with Crippen LogP contribution in [0.2, 0.25) is 0 Å². The molecule has 0 saturated carbocycles. The van der Waals surface area contributed by atoms with Crippen molar-refractivity contribution in [2.45, 2.75) is 18.7 Å². The molecule has 0 radical (unpaired) electrons. The lowest BCUT2D eigenvalue weighted by molar-refractivity contribution is 0.482. The highest BCUT2D eigenvalue weighted by Crippen LogP contribution is 2.22. The van der Waals surface area contributed by atoms with Crippen molar-refractivity contribution in [2.24, 2.45) is 0 Å². The van der Waals surface area contributed by atoms with E-state index in [0.29, 0.717) is 29.7 Å². The van der Waals surface area contributed by atoms with Crippen molar-refractivity contribution in [3.8, 4) is 17.3 Å². The third-order valence-corrected chi connectivity index (χ3v) is 6.19. The van der Waals surface area contributed by atoms with Crippen LogP contribution in [0, 0.1) is 13.8 Å². The van der Waals surface area contributed by atoms with E-state index in [-0.39, 0.29) is 11.4 Å². The fourth-order valence-electron chi connectivity index (χ4n) is 3.16. The Morgan fingerprint density at radius 2 is 1.61 bits per heavy atom. The molecule has 0 atom stereocenters. The summed E-state index contributed by atoms with van der Waals surface area (Å²) in [7, 11) is -3.64. The number of rotatable bonds is 9. The first-order valence-corrected chi connectivity index (χ1v) is 11.8. The van der Waals surface area contributed by atoms with Gasteiger partial charge in [-0.2, -0.15) is 5.10 Å². The zero-order valence-corrected chi connectivity index (χ0v) is 19.1. The molecule has 0 amide bonds. The zero-order chi connectivity index (χ0) is 23.3. The first-order valence-electron chi connectivity index (χ1n) is 10.3. The maximum Gasteiger partial charge on any atom is 0.240 e. The number of nitrogens with zero attached hydrogens (tertiary/aromatic N) is 4. The minimum Gasteiger partial charge on any atom is -0.457 e. The first kappa shape index (κ1) is 22.4. The van der Waals surface area contributed by atoms with E-state index < -0.39 is 10.0 Å². The summed E-state index contributed by atoms with van der Waals surface area (Å²) < 4.78 is 35.0. The van der Waals surface area contributed by atoms with Crippen LogP contribution in [0.25, 0.3) is 5.82 Å². The predicted octanol–water partition coefficient (Wildman–Crippen LogP) is 3.46. The third kappa shape index (κ3) is 5.73. The monoisotopic (exact) mass is 464 g/mol. The molecular weight excluding hydrogens is 440 g/mol. The fraction of sp³-hybridized carbons (Fsp3) is 0.174. The van der Waals surface area contributed by atoms with E-state index in [1.165, 1.54) is 12.1 Å². The van der Waals surface area contributed by atoms with Gasteiger partial charge in [-0.1, -0.05) is 18.2 Å². The number of hydrogen-bond acceptors (Lipinski definition) is 7. The second-order valence-corrected chi connectivity index (χ2v) is 9.09. The van der Waals surface area contributed by atoms with Crippen LogP contribution in [0.5, 0.6) is 11.5 Å². The van der Waals surface area contributed by atoms with Crippen LogP contribution >= 0.6 is 0 Å². The highest BCUT2D eigenvalue weighted by Gasteiger charge is 2.13. The van der Waals surface area contributed by atoms with Crippen molar-refractivity contribution in [1.82, 2.24) is 24.7 Å². The Kier molecular flexibility index (Phi) is 6.66. The summed E-state index contributed by atoms with van der Waals surface area (Å²) in [6.45, 7) is 4.40. The van der Waals surface area contributed by atoms with Gasteiger partial charge < -0.3 is 10.1 Å². The van der Waals surface area contributed by atoms with Gasteiger partial charge in [0.15, 0.2) is 5.82 Å². The quantitative estimate of drug-likeness (QED) is 0.365. The average molecular weight is 465 g/mol. The molecule has 33 heavy (non-hydrogen) atoms. The topological polar surface area (TPSA) is 111 Å². The molecule has 0 bridgehead atoms. The van der Waals surface area contributed by atoms with Crippen molar-refractivity contribution in [2.75, 3.05) is 18.4 Å². The van der Waals surface area contributed by atoms with Crippen molar-refractivity contribution in [3.63, 3.8) is 0 Å². The number of hydrogen-bond donors (Lipinski definition) is 2. The minimum atomic E-state index is -3.64. The average Bonchev–Trinajstić information content (AvgIpc) is 3.16. The summed E-state index contributed by atoms with van der Waals surface area (Å²) in [6, 6.07) is 21.1. The van der Waals surface area contributed by atoms with Crippen LogP contribution in [0.15, 0.2) is 77.7 Å². The number of para-hydroxylation sites is 1. The molecule has 2 heterocycles. The van der Waals surface area contributed by atoms with E-state index in [9.17, 15) is 8.42 Å². The Hall–Kier alpha value is -3.76. The molecule has 2 N–H and O–H groups in total. The van der Waals surface area contributed by atoms with Gasteiger partial charge in [-0.25, -0.2) is 17.8 Å². The first-order chi connectivity index (χ1) is 15.9. The van der Waals surface area contributed by atoms with Crippen LogP contribution in [0.4, 0.5) is 5.82 Å². The van der Waals surface area contributed by atoms with E-state index in [1.54, 1.807) is 28.9 Å². The second-order valence-electron chi connectivity index (χ2n) is 7.33. The van der Waals surface area contributed by atoms with E-state index in [2.05, 4.69) is 25.3 Å². The maximum atomic E-state index is 12.5. The van der Waals surface area contributed by atoms with Crippen molar-refractivity contribution in [3.05, 3.63) is 84.2 Å². The van der Waals surface area contributed by atoms with Gasteiger partial charge in [0.25, 0.3) is 0 Å². The fourth-order valence-corrected chi connectivity index (χ4v) is 4.20. The van der Waals surface area contributed by atoms with Crippen molar-refractivity contribution >= 4 is 15.8 Å². The summed E-state index contributed by atoms with van der Waals surface area (Å²) >= 11 is 0. The molecule has 0 spiro atoms. The Balaban J connectivity index is 1.28. The molecule has 9 nitrogen and oxygen atoms in total. The molecule has 0 saturated heterocycles. The van der Waals surface area contributed by atoms with Crippen LogP contribution in [-0.2, 0) is 10.0 Å². The summed E-state index contributed by atoms with van der Waals surface area (Å²) in [5.74, 6) is 2.40. The lowest BCUT2D eigenvalue weighted by Gasteiger charge is -2.10. The molecule has 0 aliphatic carbocycles. The van der Waals surface area contributed by atoms with E-state index in [4.69, 9.17) is 4.74 Å². The lowest BCUT2D eigenvalue weighted by Crippen LogP contribution is -2.29.